The Morgan fingerprint density at radius 1 is 1.36 bits per heavy atom. The van der Waals surface area contributed by atoms with Crippen molar-refractivity contribution in [2.75, 3.05) is 39.8 Å². The summed E-state index contributed by atoms with van der Waals surface area (Å²) in [6.45, 7) is 12.7. The minimum atomic E-state index is -0.302. The first-order chi connectivity index (χ1) is 12.9. The van der Waals surface area contributed by atoms with Crippen molar-refractivity contribution >= 4 is 47.2 Å². The smallest absolute Gasteiger partial charge is 0.350 e. The van der Waals surface area contributed by atoms with Gasteiger partial charge in [-0.2, -0.15) is 0 Å². The molecule has 1 aliphatic heterocycles. The fourth-order valence-corrected chi connectivity index (χ4v) is 4.15. The van der Waals surface area contributed by atoms with Gasteiger partial charge in [-0.1, -0.05) is 6.92 Å². The lowest BCUT2D eigenvalue weighted by Crippen LogP contribution is -2.42. The van der Waals surface area contributed by atoms with Gasteiger partial charge in [-0.05, 0) is 52.6 Å². The molecule has 0 aliphatic carbocycles. The molecular formula is C19H34IN5O2S. The lowest BCUT2D eigenvalue weighted by Gasteiger charge is -2.22. The highest BCUT2D eigenvalue weighted by atomic mass is 127. The summed E-state index contributed by atoms with van der Waals surface area (Å²) in [6, 6.07) is -0.0445. The van der Waals surface area contributed by atoms with Crippen LogP contribution in [0.5, 0.6) is 0 Å². The maximum absolute atomic E-state index is 12.0. The molecule has 0 saturated carbocycles. The Morgan fingerprint density at radius 3 is 2.64 bits per heavy atom. The zero-order chi connectivity index (χ0) is 19.8. The molecule has 1 saturated heterocycles. The zero-order valence-electron chi connectivity index (χ0n) is 17.6. The summed E-state index contributed by atoms with van der Waals surface area (Å²) in [6.07, 6.45) is 2.64. The molecule has 28 heavy (non-hydrogen) atoms. The highest BCUT2D eigenvalue weighted by Gasteiger charge is 2.20. The number of aryl methyl sites for hydroxylation is 1. The van der Waals surface area contributed by atoms with Gasteiger partial charge in [0.2, 0.25) is 0 Å². The van der Waals surface area contributed by atoms with E-state index in [0.29, 0.717) is 23.1 Å². The molecule has 2 heterocycles. The van der Waals surface area contributed by atoms with Crippen molar-refractivity contribution in [3.05, 3.63) is 15.6 Å². The predicted molar refractivity (Wildman–Crippen MR) is 126 cm³/mol. The van der Waals surface area contributed by atoms with Crippen molar-refractivity contribution in [2.24, 2.45) is 10.9 Å². The summed E-state index contributed by atoms with van der Waals surface area (Å²) in [7, 11) is 1.77. The number of carbonyl (C=O) groups excluding carboxylic acids is 1. The van der Waals surface area contributed by atoms with Crippen molar-refractivity contribution in [1.29, 1.82) is 0 Å². The largest absolute Gasteiger partial charge is 0.462 e. The molecule has 160 valence electrons. The van der Waals surface area contributed by atoms with Gasteiger partial charge in [-0.3, -0.25) is 4.99 Å². The third-order valence-electron chi connectivity index (χ3n) is 4.61. The minimum absolute atomic E-state index is 0. The van der Waals surface area contributed by atoms with E-state index in [-0.39, 0.29) is 36.0 Å². The van der Waals surface area contributed by atoms with E-state index >= 15 is 0 Å². The van der Waals surface area contributed by atoms with Gasteiger partial charge in [-0.15, -0.1) is 35.3 Å². The fraction of sp³-hybridized carbons (Fsp3) is 0.737. The maximum Gasteiger partial charge on any atom is 0.350 e. The monoisotopic (exact) mass is 523 g/mol. The SMILES string of the molecule is CCOC(=O)c1sc(C(C)NC(=NC)NCC(C)CN2CCCC2)nc1C.I. The fourth-order valence-electron chi connectivity index (χ4n) is 3.19. The number of nitrogens with one attached hydrogen (secondary N) is 2. The molecule has 0 bridgehead atoms. The number of guanidine groups is 1. The summed E-state index contributed by atoms with van der Waals surface area (Å²) >= 11 is 1.38. The summed E-state index contributed by atoms with van der Waals surface area (Å²) in [5.41, 5.74) is 0.712. The Kier molecular flexibility index (Phi) is 11.3. The second-order valence-electron chi connectivity index (χ2n) is 7.12. The number of aliphatic imine (C=N–C) groups is 1. The highest BCUT2D eigenvalue weighted by molar-refractivity contribution is 14.0. The molecule has 0 radical (unpaired) electrons. The number of esters is 1. The van der Waals surface area contributed by atoms with Crippen molar-refractivity contribution in [3.63, 3.8) is 0 Å². The number of likely N-dealkylation sites (tertiary alicyclic amines) is 1. The van der Waals surface area contributed by atoms with Gasteiger partial charge in [0, 0.05) is 20.1 Å². The quantitative estimate of drug-likeness (QED) is 0.236. The number of hydrogen-bond acceptors (Lipinski definition) is 6. The molecule has 2 unspecified atom stereocenters. The van der Waals surface area contributed by atoms with Crippen LogP contribution in [0.3, 0.4) is 0 Å². The Hall–Kier alpha value is -0.940. The van der Waals surface area contributed by atoms with Crippen molar-refractivity contribution in [3.8, 4) is 0 Å². The van der Waals surface area contributed by atoms with E-state index in [9.17, 15) is 4.79 Å². The Bertz CT molecular complexity index is 646. The lowest BCUT2D eigenvalue weighted by molar-refractivity contribution is 0.0531. The van der Waals surface area contributed by atoms with Crippen LogP contribution in [0.4, 0.5) is 0 Å². The van der Waals surface area contributed by atoms with E-state index in [2.05, 4.69) is 32.4 Å². The van der Waals surface area contributed by atoms with Crippen LogP contribution in [-0.2, 0) is 4.74 Å². The first kappa shape index (κ1) is 25.1. The van der Waals surface area contributed by atoms with Crippen LogP contribution in [0, 0.1) is 12.8 Å². The van der Waals surface area contributed by atoms with Gasteiger partial charge in [0.1, 0.15) is 9.88 Å². The molecule has 2 rings (SSSR count). The van der Waals surface area contributed by atoms with E-state index in [1.54, 1.807) is 14.0 Å². The Balaban J connectivity index is 0.00000392. The number of nitrogens with zero attached hydrogens (tertiary/aromatic N) is 3. The van der Waals surface area contributed by atoms with Crippen LogP contribution in [-0.4, -0.2) is 61.6 Å². The molecule has 2 atom stereocenters. The minimum Gasteiger partial charge on any atom is -0.462 e. The molecule has 1 aliphatic rings. The standard InChI is InChI=1S/C19H33N5O2S.HI/c1-6-26-18(25)16-14(3)22-17(27-16)15(4)23-19(20-5)21-11-13(2)12-24-9-7-8-10-24;/h13,15H,6-12H2,1-5H3,(H2,20,21,23);1H. The molecule has 2 N–H and O–H groups in total. The zero-order valence-corrected chi connectivity index (χ0v) is 20.7. The van der Waals surface area contributed by atoms with E-state index in [1.165, 1.54) is 37.3 Å². The van der Waals surface area contributed by atoms with Gasteiger partial charge in [-0.25, -0.2) is 9.78 Å². The summed E-state index contributed by atoms with van der Waals surface area (Å²) in [5, 5.41) is 7.62. The molecule has 7 nitrogen and oxygen atoms in total. The molecule has 1 fully saturated rings. The van der Waals surface area contributed by atoms with Crippen molar-refractivity contribution in [2.45, 2.75) is 46.6 Å². The number of ether oxygens (including phenoxy) is 1. The number of halogens is 1. The van der Waals surface area contributed by atoms with E-state index in [1.807, 2.05) is 13.8 Å². The molecule has 0 spiro atoms. The molecule has 1 aromatic rings. The molecule has 1 aromatic heterocycles. The van der Waals surface area contributed by atoms with Crippen LogP contribution >= 0.6 is 35.3 Å². The summed E-state index contributed by atoms with van der Waals surface area (Å²) in [4.78, 5) is 23.9. The van der Waals surface area contributed by atoms with E-state index in [0.717, 1.165) is 24.1 Å². The highest BCUT2D eigenvalue weighted by Crippen LogP contribution is 2.24. The van der Waals surface area contributed by atoms with Crippen LogP contribution in [0.15, 0.2) is 4.99 Å². The van der Waals surface area contributed by atoms with Crippen LogP contribution < -0.4 is 10.6 Å². The molecule has 0 aromatic carbocycles. The van der Waals surface area contributed by atoms with Gasteiger partial charge < -0.3 is 20.3 Å². The number of carbonyl (C=O) groups is 1. The predicted octanol–water partition coefficient (Wildman–Crippen LogP) is 3.20. The number of thiazole rings is 1. The van der Waals surface area contributed by atoms with Gasteiger partial charge in [0.15, 0.2) is 5.96 Å². The van der Waals surface area contributed by atoms with Gasteiger partial charge >= 0.3 is 5.97 Å². The second-order valence-corrected chi connectivity index (χ2v) is 8.15. The average molecular weight is 523 g/mol. The Labute approximate surface area is 189 Å². The number of rotatable bonds is 8. The molecule has 0 amide bonds. The van der Waals surface area contributed by atoms with Gasteiger partial charge in [0.25, 0.3) is 0 Å². The molecular weight excluding hydrogens is 489 g/mol. The third-order valence-corrected chi connectivity index (χ3v) is 5.93. The summed E-state index contributed by atoms with van der Waals surface area (Å²) in [5.74, 6) is 1.000. The molecule has 9 heteroatoms. The topological polar surface area (TPSA) is 78.8 Å². The first-order valence-corrected chi connectivity index (χ1v) is 10.6. The summed E-state index contributed by atoms with van der Waals surface area (Å²) < 4.78 is 5.09. The first-order valence-electron chi connectivity index (χ1n) is 9.78. The van der Waals surface area contributed by atoms with E-state index in [4.69, 9.17) is 4.74 Å². The number of aromatic nitrogens is 1. The lowest BCUT2D eigenvalue weighted by atomic mass is 10.1. The van der Waals surface area contributed by atoms with E-state index < -0.39 is 0 Å². The van der Waals surface area contributed by atoms with Crippen LogP contribution in [0.1, 0.15) is 60.0 Å². The van der Waals surface area contributed by atoms with Crippen LogP contribution in [0.25, 0.3) is 0 Å². The van der Waals surface area contributed by atoms with Crippen molar-refractivity contribution in [1.82, 2.24) is 20.5 Å². The maximum atomic E-state index is 12.0. The Morgan fingerprint density at radius 2 is 2.04 bits per heavy atom. The van der Waals surface area contributed by atoms with Crippen LogP contribution in [0.2, 0.25) is 0 Å². The normalized spacial score (nSPS) is 17.0. The second kappa shape index (κ2) is 12.6. The third kappa shape index (κ3) is 7.47. The average Bonchev–Trinajstić information content (AvgIpc) is 3.28. The van der Waals surface area contributed by atoms with Crippen molar-refractivity contribution < 1.29 is 9.53 Å². The number of hydrogen-bond donors (Lipinski definition) is 2. The van der Waals surface area contributed by atoms with Gasteiger partial charge in [0.05, 0.1) is 18.3 Å².